The normalized spacial score (nSPS) is 18.4. The van der Waals surface area contributed by atoms with E-state index in [1.165, 1.54) is 17.8 Å². The van der Waals surface area contributed by atoms with Crippen molar-refractivity contribution in [3.05, 3.63) is 64.4 Å². The Morgan fingerprint density at radius 1 is 1.18 bits per heavy atom. The molecule has 0 atom stereocenters. The van der Waals surface area contributed by atoms with E-state index < -0.39 is 0 Å². The molecule has 1 aliphatic heterocycles. The number of fused-ring (bicyclic) bond motifs is 2. The van der Waals surface area contributed by atoms with Gasteiger partial charge in [-0.15, -0.1) is 0 Å². The molecule has 1 aromatic carbocycles. The minimum Gasteiger partial charge on any atom is -0.289 e. The average molecular weight is 244 g/mol. The summed E-state index contributed by atoms with van der Waals surface area (Å²) >= 11 is 1.53. The third-order valence-electron chi connectivity index (χ3n) is 2.77. The molecule has 0 unspecified atom stereocenters. The fourth-order valence-electron chi connectivity index (χ4n) is 1.94. The molecule has 2 aliphatic rings. The lowest BCUT2D eigenvalue weighted by molar-refractivity contribution is 0.104. The molecule has 84 valence electrons. The van der Waals surface area contributed by atoms with Crippen LogP contribution >= 0.6 is 11.8 Å². The highest BCUT2D eigenvalue weighted by Crippen LogP contribution is 2.41. The lowest BCUT2D eigenvalue weighted by Gasteiger charge is -2.12. The van der Waals surface area contributed by atoms with Crippen LogP contribution in [0.15, 0.2) is 63.7 Å². The first-order chi connectivity index (χ1) is 8.24. The molecule has 1 aromatic rings. The Bertz CT molecular complexity index is 596. The van der Waals surface area contributed by atoms with Crippen molar-refractivity contribution in [1.82, 2.24) is 0 Å². The molecule has 0 bridgehead atoms. The molecule has 17 heavy (non-hydrogen) atoms. The van der Waals surface area contributed by atoms with Crippen molar-refractivity contribution in [2.24, 2.45) is 0 Å². The molecular weight excluding hydrogens is 235 g/mol. The maximum absolute atomic E-state index is 13.2. The third kappa shape index (κ3) is 1.87. The first-order valence-electron chi connectivity index (χ1n) is 5.32. The van der Waals surface area contributed by atoms with E-state index in [9.17, 15) is 9.18 Å². The van der Waals surface area contributed by atoms with Gasteiger partial charge in [0.2, 0.25) is 0 Å². The number of rotatable bonds is 0. The summed E-state index contributed by atoms with van der Waals surface area (Å²) in [5, 5.41) is 0. The average Bonchev–Trinajstić information content (AvgIpc) is 2.46. The summed E-state index contributed by atoms with van der Waals surface area (Å²) in [5.74, 6) is -0.236. The first kappa shape index (κ1) is 10.5. The fraction of sp³-hybridized carbons (Fsp3) is 0.0714. The van der Waals surface area contributed by atoms with E-state index in [0.717, 1.165) is 15.4 Å². The third-order valence-corrected chi connectivity index (χ3v) is 3.96. The summed E-state index contributed by atoms with van der Waals surface area (Å²) in [6.45, 7) is 0. The molecule has 1 heterocycles. The number of hydrogen-bond acceptors (Lipinski definition) is 2. The molecule has 0 radical (unpaired) electrons. The smallest absolute Gasteiger partial charge is 0.187 e. The Labute approximate surface area is 103 Å². The SMILES string of the molecule is O=C1C=C2CC(F)=CC=C2Sc2ccccc21. The molecule has 0 aromatic heterocycles. The monoisotopic (exact) mass is 244 g/mol. The minimum atomic E-state index is -0.195. The van der Waals surface area contributed by atoms with Crippen LogP contribution in [-0.4, -0.2) is 5.78 Å². The number of allylic oxidation sites excluding steroid dienone is 5. The van der Waals surface area contributed by atoms with Gasteiger partial charge in [0, 0.05) is 21.8 Å². The molecule has 3 heteroatoms. The van der Waals surface area contributed by atoms with Crippen LogP contribution in [0.2, 0.25) is 0 Å². The summed E-state index contributed by atoms with van der Waals surface area (Å²) in [4.78, 5) is 13.9. The van der Waals surface area contributed by atoms with Crippen LogP contribution in [-0.2, 0) is 0 Å². The number of ketones is 1. The van der Waals surface area contributed by atoms with Crippen LogP contribution in [0.5, 0.6) is 0 Å². The van der Waals surface area contributed by atoms with Gasteiger partial charge >= 0.3 is 0 Å². The molecule has 3 rings (SSSR count). The zero-order chi connectivity index (χ0) is 11.8. The number of hydrogen-bond donors (Lipinski definition) is 0. The molecule has 0 fully saturated rings. The van der Waals surface area contributed by atoms with Gasteiger partial charge in [0.15, 0.2) is 5.78 Å². The summed E-state index contributed by atoms with van der Waals surface area (Å²) < 4.78 is 13.2. The molecule has 0 saturated heterocycles. The van der Waals surface area contributed by atoms with Gasteiger partial charge in [-0.1, -0.05) is 23.9 Å². The van der Waals surface area contributed by atoms with E-state index >= 15 is 0 Å². The second kappa shape index (κ2) is 4.00. The molecule has 0 spiro atoms. The number of halogens is 1. The van der Waals surface area contributed by atoms with Crippen molar-refractivity contribution < 1.29 is 9.18 Å². The number of carbonyl (C=O) groups is 1. The van der Waals surface area contributed by atoms with Gasteiger partial charge in [0.25, 0.3) is 0 Å². The Kier molecular flexibility index (Phi) is 2.48. The van der Waals surface area contributed by atoms with Gasteiger partial charge in [-0.05, 0) is 35.9 Å². The Morgan fingerprint density at radius 3 is 2.88 bits per heavy atom. The Balaban J connectivity index is 2.14. The molecule has 1 aliphatic carbocycles. The van der Waals surface area contributed by atoms with Crippen molar-refractivity contribution in [2.75, 3.05) is 0 Å². The predicted molar refractivity (Wildman–Crippen MR) is 66.6 cm³/mol. The van der Waals surface area contributed by atoms with Crippen molar-refractivity contribution in [3.8, 4) is 0 Å². The summed E-state index contributed by atoms with van der Waals surface area (Å²) in [7, 11) is 0. The molecular formula is C14H9FOS. The van der Waals surface area contributed by atoms with Crippen molar-refractivity contribution in [3.63, 3.8) is 0 Å². The standard InChI is InChI=1S/C14H9FOS/c15-10-5-6-13-9(7-10)8-12(16)11-3-1-2-4-14(11)17-13/h1-6,8H,7H2. The van der Waals surface area contributed by atoms with Crippen molar-refractivity contribution in [2.45, 2.75) is 11.3 Å². The van der Waals surface area contributed by atoms with E-state index in [2.05, 4.69) is 0 Å². The van der Waals surface area contributed by atoms with Crippen LogP contribution < -0.4 is 0 Å². The van der Waals surface area contributed by atoms with Crippen LogP contribution in [0.25, 0.3) is 0 Å². The second-order valence-corrected chi connectivity index (χ2v) is 5.04. The van der Waals surface area contributed by atoms with E-state index in [0.29, 0.717) is 5.56 Å². The quantitative estimate of drug-likeness (QED) is 0.685. The van der Waals surface area contributed by atoms with Crippen LogP contribution in [0, 0.1) is 0 Å². The Hall–Kier alpha value is -1.61. The maximum Gasteiger partial charge on any atom is 0.187 e. The zero-order valence-corrected chi connectivity index (χ0v) is 9.76. The minimum absolute atomic E-state index is 0.0406. The number of benzene rings is 1. The molecule has 1 nitrogen and oxygen atoms in total. The van der Waals surface area contributed by atoms with Gasteiger partial charge in [-0.2, -0.15) is 0 Å². The van der Waals surface area contributed by atoms with Gasteiger partial charge in [0.1, 0.15) is 5.83 Å². The fourth-order valence-corrected chi connectivity index (χ4v) is 3.00. The maximum atomic E-state index is 13.2. The molecule has 0 N–H and O–H groups in total. The highest BCUT2D eigenvalue weighted by Gasteiger charge is 2.21. The summed E-state index contributed by atoms with van der Waals surface area (Å²) in [5.41, 5.74) is 1.47. The van der Waals surface area contributed by atoms with E-state index in [-0.39, 0.29) is 18.0 Å². The summed E-state index contributed by atoms with van der Waals surface area (Å²) in [6, 6.07) is 7.48. The van der Waals surface area contributed by atoms with Crippen molar-refractivity contribution in [1.29, 1.82) is 0 Å². The van der Waals surface area contributed by atoms with Gasteiger partial charge < -0.3 is 0 Å². The Morgan fingerprint density at radius 2 is 2.00 bits per heavy atom. The number of thioether (sulfide) groups is 1. The van der Waals surface area contributed by atoms with E-state index in [1.807, 2.05) is 24.3 Å². The molecule has 0 amide bonds. The lowest BCUT2D eigenvalue weighted by atomic mass is 10.0. The second-order valence-electron chi connectivity index (χ2n) is 3.95. The van der Waals surface area contributed by atoms with Gasteiger partial charge in [-0.3, -0.25) is 4.79 Å². The van der Waals surface area contributed by atoms with Gasteiger partial charge in [-0.25, -0.2) is 4.39 Å². The van der Waals surface area contributed by atoms with Crippen LogP contribution in [0.1, 0.15) is 16.8 Å². The summed E-state index contributed by atoms with van der Waals surface area (Å²) in [6.07, 6.45) is 4.98. The van der Waals surface area contributed by atoms with Crippen LogP contribution in [0.4, 0.5) is 4.39 Å². The van der Waals surface area contributed by atoms with Gasteiger partial charge in [0.05, 0.1) is 0 Å². The lowest BCUT2D eigenvalue weighted by Crippen LogP contribution is -1.96. The highest BCUT2D eigenvalue weighted by atomic mass is 32.2. The first-order valence-corrected chi connectivity index (χ1v) is 6.14. The van der Waals surface area contributed by atoms with E-state index in [1.54, 1.807) is 12.2 Å². The zero-order valence-electron chi connectivity index (χ0n) is 8.94. The predicted octanol–water partition coefficient (Wildman–Crippen LogP) is 4.04. The van der Waals surface area contributed by atoms with Crippen LogP contribution in [0.3, 0.4) is 0 Å². The topological polar surface area (TPSA) is 17.1 Å². The number of carbonyl (C=O) groups excluding carboxylic acids is 1. The van der Waals surface area contributed by atoms with Crippen molar-refractivity contribution >= 4 is 17.5 Å². The molecule has 0 saturated carbocycles. The van der Waals surface area contributed by atoms with E-state index in [4.69, 9.17) is 0 Å². The largest absolute Gasteiger partial charge is 0.289 e. The highest BCUT2D eigenvalue weighted by molar-refractivity contribution is 8.03.